The van der Waals surface area contributed by atoms with Gasteiger partial charge >= 0.3 is 0 Å². The van der Waals surface area contributed by atoms with Gasteiger partial charge in [0.15, 0.2) is 0 Å². The van der Waals surface area contributed by atoms with E-state index in [1.807, 2.05) is 45.9 Å². The van der Waals surface area contributed by atoms with Gasteiger partial charge in [0, 0.05) is 12.7 Å². The summed E-state index contributed by atoms with van der Waals surface area (Å²) in [4.78, 5) is 13.9. The number of carbonyl (C=O) groups excluding carboxylic acids is 1. The second-order valence-electron chi connectivity index (χ2n) is 4.91. The highest BCUT2D eigenvalue weighted by Gasteiger charge is 2.23. The number of anilines is 1. The first-order valence-corrected chi connectivity index (χ1v) is 5.95. The molecule has 1 aromatic carbocycles. The molecular weight excluding hydrogens is 212 g/mol. The third-order valence-electron chi connectivity index (χ3n) is 3.11. The van der Waals surface area contributed by atoms with Crippen LogP contribution in [0.3, 0.4) is 0 Å². The second kappa shape index (κ2) is 5.32. The zero-order chi connectivity index (χ0) is 13.2. The Balaban J connectivity index is 3.05. The fraction of sp³-hybridized carbons (Fsp3) is 0.500. The van der Waals surface area contributed by atoms with E-state index in [-0.39, 0.29) is 11.8 Å². The maximum atomic E-state index is 12.2. The van der Waals surface area contributed by atoms with Gasteiger partial charge in [0.1, 0.15) is 0 Å². The number of benzene rings is 1. The summed E-state index contributed by atoms with van der Waals surface area (Å²) in [5, 5.41) is 0. The molecule has 0 aromatic heterocycles. The molecule has 0 heterocycles. The molecule has 0 spiro atoms. The van der Waals surface area contributed by atoms with Crippen molar-refractivity contribution >= 4 is 11.6 Å². The lowest BCUT2D eigenvalue weighted by molar-refractivity contribution is -0.120. The van der Waals surface area contributed by atoms with Gasteiger partial charge in [-0.3, -0.25) is 4.79 Å². The molecule has 1 rings (SSSR count). The quantitative estimate of drug-likeness (QED) is 0.872. The molecule has 2 N–H and O–H groups in total. The highest BCUT2D eigenvalue weighted by molar-refractivity contribution is 5.98. The molecule has 94 valence electrons. The van der Waals surface area contributed by atoms with Crippen LogP contribution in [0.4, 0.5) is 5.69 Å². The van der Waals surface area contributed by atoms with Crippen molar-refractivity contribution in [2.24, 2.45) is 11.7 Å². The highest BCUT2D eigenvalue weighted by Crippen LogP contribution is 2.24. The number of nitrogens with two attached hydrogens (primary N) is 1. The van der Waals surface area contributed by atoms with Crippen molar-refractivity contribution in [3.05, 3.63) is 29.3 Å². The Hall–Kier alpha value is -1.35. The van der Waals surface area contributed by atoms with E-state index in [4.69, 9.17) is 5.73 Å². The Bertz CT molecular complexity index is 392. The lowest BCUT2D eigenvalue weighted by Gasteiger charge is -2.26. The molecule has 3 nitrogen and oxygen atoms in total. The van der Waals surface area contributed by atoms with E-state index < -0.39 is 6.04 Å². The summed E-state index contributed by atoms with van der Waals surface area (Å²) < 4.78 is 0. The van der Waals surface area contributed by atoms with E-state index in [1.54, 1.807) is 11.9 Å². The average Bonchev–Trinajstić information content (AvgIpc) is 2.26. The Morgan fingerprint density at radius 3 is 2.12 bits per heavy atom. The fourth-order valence-corrected chi connectivity index (χ4v) is 1.95. The molecule has 3 heteroatoms. The lowest BCUT2D eigenvalue weighted by atomic mass is 10.0. The van der Waals surface area contributed by atoms with E-state index in [9.17, 15) is 4.79 Å². The monoisotopic (exact) mass is 234 g/mol. The first kappa shape index (κ1) is 13.7. The zero-order valence-electron chi connectivity index (χ0n) is 11.3. The van der Waals surface area contributed by atoms with Crippen LogP contribution in [-0.2, 0) is 4.79 Å². The Morgan fingerprint density at radius 1 is 1.24 bits per heavy atom. The van der Waals surface area contributed by atoms with E-state index in [2.05, 4.69) is 0 Å². The summed E-state index contributed by atoms with van der Waals surface area (Å²) in [5.74, 6) is 0.117. The third-order valence-corrected chi connectivity index (χ3v) is 3.11. The van der Waals surface area contributed by atoms with Crippen LogP contribution in [0.1, 0.15) is 25.0 Å². The summed E-state index contributed by atoms with van der Waals surface area (Å²) in [7, 11) is 1.79. The largest absolute Gasteiger partial charge is 0.320 e. The number of para-hydroxylation sites is 1. The van der Waals surface area contributed by atoms with Crippen LogP contribution in [-0.4, -0.2) is 19.0 Å². The van der Waals surface area contributed by atoms with Crippen LogP contribution in [0.5, 0.6) is 0 Å². The topological polar surface area (TPSA) is 46.3 Å². The van der Waals surface area contributed by atoms with Crippen LogP contribution in [0.2, 0.25) is 0 Å². The highest BCUT2D eigenvalue weighted by atomic mass is 16.2. The van der Waals surface area contributed by atoms with E-state index >= 15 is 0 Å². The molecule has 0 unspecified atom stereocenters. The van der Waals surface area contributed by atoms with E-state index in [0.717, 1.165) is 16.8 Å². The maximum absolute atomic E-state index is 12.2. The van der Waals surface area contributed by atoms with Crippen molar-refractivity contribution in [3.8, 4) is 0 Å². The van der Waals surface area contributed by atoms with Gasteiger partial charge in [0.2, 0.25) is 5.91 Å². The van der Waals surface area contributed by atoms with Crippen LogP contribution in [0.25, 0.3) is 0 Å². The third kappa shape index (κ3) is 2.86. The number of hydrogen-bond donors (Lipinski definition) is 1. The molecule has 0 bridgehead atoms. The summed E-state index contributed by atoms with van der Waals surface area (Å²) in [6.45, 7) is 7.93. The van der Waals surface area contributed by atoms with Gasteiger partial charge < -0.3 is 10.6 Å². The van der Waals surface area contributed by atoms with Crippen molar-refractivity contribution in [1.82, 2.24) is 0 Å². The molecular formula is C14H22N2O. The van der Waals surface area contributed by atoms with Crippen molar-refractivity contribution in [1.29, 1.82) is 0 Å². The van der Waals surface area contributed by atoms with Crippen LogP contribution in [0, 0.1) is 19.8 Å². The SMILES string of the molecule is Cc1cccc(C)c1N(C)C(=O)[C@H](N)C(C)C. The number of rotatable bonds is 3. The number of hydrogen-bond acceptors (Lipinski definition) is 2. The van der Waals surface area contributed by atoms with E-state index in [0.29, 0.717) is 0 Å². The van der Waals surface area contributed by atoms with Crippen molar-refractivity contribution < 1.29 is 4.79 Å². The number of carbonyl (C=O) groups is 1. The van der Waals surface area contributed by atoms with Crippen molar-refractivity contribution in [3.63, 3.8) is 0 Å². The molecule has 0 aliphatic carbocycles. The minimum absolute atomic E-state index is 0.0302. The normalized spacial score (nSPS) is 12.6. The molecule has 1 atom stereocenters. The molecule has 0 aliphatic rings. The standard InChI is InChI=1S/C14H22N2O/c1-9(2)12(15)14(17)16(5)13-10(3)7-6-8-11(13)4/h6-9,12H,15H2,1-5H3/t12-/m1/s1. The molecule has 0 saturated carbocycles. The fourth-order valence-electron chi connectivity index (χ4n) is 1.95. The average molecular weight is 234 g/mol. The van der Waals surface area contributed by atoms with Crippen LogP contribution >= 0.6 is 0 Å². The summed E-state index contributed by atoms with van der Waals surface area (Å²) in [5.41, 5.74) is 9.06. The minimum atomic E-state index is -0.445. The van der Waals surface area contributed by atoms with Gasteiger partial charge in [0.25, 0.3) is 0 Å². The second-order valence-corrected chi connectivity index (χ2v) is 4.91. The van der Waals surface area contributed by atoms with Crippen LogP contribution in [0.15, 0.2) is 18.2 Å². The van der Waals surface area contributed by atoms with Gasteiger partial charge in [-0.25, -0.2) is 0 Å². The molecule has 0 radical (unpaired) electrons. The van der Waals surface area contributed by atoms with E-state index in [1.165, 1.54) is 0 Å². The predicted octanol–water partition coefficient (Wildman–Crippen LogP) is 2.25. The molecule has 0 aliphatic heterocycles. The smallest absolute Gasteiger partial charge is 0.243 e. The van der Waals surface area contributed by atoms with Gasteiger partial charge in [-0.2, -0.15) is 0 Å². The zero-order valence-corrected chi connectivity index (χ0v) is 11.3. The van der Waals surface area contributed by atoms with Crippen molar-refractivity contribution in [2.45, 2.75) is 33.7 Å². The van der Waals surface area contributed by atoms with Gasteiger partial charge in [-0.05, 0) is 30.9 Å². The predicted molar refractivity (Wildman–Crippen MR) is 72.1 cm³/mol. The van der Waals surface area contributed by atoms with Gasteiger partial charge in [-0.15, -0.1) is 0 Å². The maximum Gasteiger partial charge on any atom is 0.243 e. The van der Waals surface area contributed by atoms with Gasteiger partial charge in [0.05, 0.1) is 6.04 Å². The molecule has 0 saturated heterocycles. The minimum Gasteiger partial charge on any atom is -0.320 e. The first-order valence-electron chi connectivity index (χ1n) is 5.95. The number of amides is 1. The Kier molecular flexibility index (Phi) is 4.29. The van der Waals surface area contributed by atoms with Crippen LogP contribution < -0.4 is 10.6 Å². The number of nitrogens with zero attached hydrogens (tertiary/aromatic N) is 1. The Morgan fingerprint density at radius 2 is 1.71 bits per heavy atom. The Labute approximate surface area is 104 Å². The first-order chi connectivity index (χ1) is 7.86. The molecule has 17 heavy (non-hydrogen) atoms. The summed E-state index contributed by atoms with van der Waals surface area (Å²) in [6.07, 6.45) is 0. The molecule has 1 amide bonds. The van der Waals surface area contributed by atoms with Crippen molar-refractivity contribution in [2.75, 3.05) is 11.9 Å². The summed E-state index contributed by atoms with van der Waals surface area (Å²) >= 11 is 0. The lowest BCUT2D eigenvalue weighted by Crippen LogP contribution is -2.45. The number of likely N-dealkylation sites (N-methyl/N-ethyl adjacent to an activating group) is 1. The van der Waals surface area contributed by atoms with Gasteiger partial charge in [-0.1, -0.05) is 32.0 Å². The number of aryl methyl sites for hydroxylation is 2. The molecule has 1 aromatic rings. The summed E-state index contributed by atoms with van der Waals surface area (Å²) in [6, 6.07) is 5.56. The molecule has 0 fully saturated rings.